The molecule has 7 heteroatoms. The van der Waals surface area contributed by atoms with Crippen molar-refractivity contribution in [2.75, 3.05) is 31.6 Å². The van der Waals surface area contributed by atoms with Crippen LogP contribution in [0.2, 0.25) is 0 Å². The molecule has 2 amide bonds. The van der Waals surface area contributed by atoms with Crippen LogP contribution in [0.5, 0.6) is 0 Å². The van der Waals surface area contributed by atoms with Crippen LogP contribution in [-0.2, 0) is 14.3 Å². The first kappa shape index (κ1) is 16.4. The molecule has 2 heterocycles. The smallest absolute Gasteiger partial charge is 0.224 e. The minimum atomic E-state index is -0.206. The summed E-state index contributed by atoms with van der Waals surface area (Å²) in [5.74, 6) is 0.767. The highest BCUT2D eigenvalue weighted by Gasteiger charge is 2.17. The zero-order valence-corrected chi connectivity index (χ0v) is 13.0. The number of aromatic nitrogens is 2. The van der Waals surface area contributed by atoms with Gasteiger partial charge in [0.1, 0.15) is 5.82 Å². The summed E-state index contributed by atoms with van der Waals surface area (Å²) < 4.78 is 5.19. The van der Waals surface area contributed by atoms with E-state index >= 15 is 0 Å². The summed E-state index contributed by atoms with van der Waals surface area (Å²) in [6, 6.07) is 0. The van der Waals surface area contributed by atoms with Gasteiger partial charge in [0.15, 0.2) is 0 Å². The van der Waals surface area contributed by atoms with E-state index in [0.29, 0.717) is 32.0 Å². The number of hydrogen-bond donors (Lipinski definition) is 1. The maximum absolute atomic E-state index is 11.9. The van der Waals surface area contributed by atoms with Crippen molar-refractivity contribution in [2.24, 2.45) is 0 Å². The minimum absolute atomic E-state index is 0.00939. The Balaban J connectivity index is 1.76. The first-order valence-corrected chi connectivity index (χ1v) is 7.53. The topological polar surface area (TPSA) is 84.4 Å². The lowest BCUT2D eigenvalue weighted by molar-refractivity contribution is -0.136. The highest BCUT2D eigenvalue weighted by molar-refractivity contribution is 5.92. The van der Waals surface area contributed by atoms with Crippen molar-refractivity contribution >= 4 is 17.5 Å². The van der Waals surface area contributed by atoms with Crippen LogP contribution in [0, 0.1) is 0 Å². The average molecular weight is 306 g/mol. The second-order valence-electron chi connectivity index (χ2n) is 5.53. The first-order chi connectivity index (χ1) is 10.6. The summed E-state index contributed by atoms with van der Waals surface area (Å²) in [5, 5.41) is 2.71. The molecule has 0 unspecified atom stereocenters. The van der Waals surface area contributed by atoms with E-state index in [0.717, 1.165) is 5.82 Å². The third kappa shape index (κ3) is 4.77. The van der Waals surface area contributed by atoms with Crippen LogP contribution in [0.15, 0.2) is 12.4 Å². The lowest BCUT2D eigenvalue weighted by Gasteiger charge is -2.26. The molecule has 120 valence electrons. The maximum Gasteiger partial charge on any atom is 0.224 e. The molecule has 0 saturated carbocycles. The number of morpholine rings is 1. The van der Waals surface area contributed by atoms with Gasteiger partial charge in [0.25, 0.3) is 0 Å². The van der Waals surface area contributed by atoms with Crippen molar-refractivity contribution in [1.82, 2.24) is 14.9 Å². The Morgan fingerprint density at radius 2 is 1.86 bits per heavy atom. The molecule has 0 atom stereocenters. The predicted molar refractivity (Wildman–Crippen MR) is 81.4 cm³/mol. The fourth-order valence-corrected chi connectivity index (χ4v) is 2.12. The number of hydrogen-bond acceptors (Lipinski definition) is 5. The second-order valence-corrected chi connectivity index (χ2v) is 5.53. The molecule has 0 aromatic carbocycles. The van der Waals surface area contributed by atoms with E-state index in [1.165, 1.54) is 0 Å². The van der Waals surface area contributed by atoms with Gasteiger partial charge in [0.05, 0.1) is 31.3 Å². The molecule has 1 aromatic rings. The zero-order chi connectivity index (χ0) is 15.9. The van der Waals surface area contributed by atoms with Gasteiger partial charge in [-0.05, 0) is 0 Å². The lowest BCUT2D eigenvalue weighted by atomic mass is 10.2. The molecule has 1 saturated heterocycles. The average Bonchev–Trinajstić information content (AvgIpc) is 2.54. The van der Waals surface area contributed by atoms with E-state index in [2.05, 4.69) is 15.3 Å². The molecule has 1 fully saturated rings. The number of nitrogens with one attached hydrogen (secondary N) is 1. The van der Waals surface area contributed by atoms with Crippen molar-refractivity contribution in [3.8, 4) is 0 Å². The van der Waals surface area contributed by atoms with Gasteiger partial charge in [-0.25, -0.2) is 9.97 Å². The fourth-order valence-electron chi connectivity index (χ4n) is 2.12. The summed E-state index contributed by atoms with van der Waals surface area (Å²) in [7, 11) is 0. The van der Waals surface area contributed by atoms with Crippen LogP contribution >= 0.6 is 0 Å². The standard InChI is InChI=1S/C15H22N4O3/c1-11(2)15-16-9-12(10-17-15)18-13(20)3-4-14(21)19-5-7-22-8-6-19/h9-11H,3-8H2,1-2H3,(H,18,20). The molecule has 0 aliphatic carbocycles. The van der Waals surface area contributed by atoms with E-state index in [9.17, 15) is 9.59 Å². The van der Waals surface area contributed by atoms with Gasteiger partial charge in [-0.3, -0.25) is 9.59 Å². The third-order valence-corrected chi connectivity index (χ3v) is 3.40. The molecule has 1 aliphatic rings. The number of carbonyl (C=O) groups is 2. The molecule has 0 spiro atoms. The van der Waals surface area contributed by atoms with Crippen LogP contribution in [0.3, 0.4) is 0 Å². The van der Waals surface area contributed by atoms with E-state index < -0.39 is 0 Å². The number of ether oxygens (including phenoxy) is 1. The van der Waals surface area contributed by atoms with Crippen LogP contribution in [-0.4, -0.2) is 53.0 Å². The quantitative estimate of drug-likeness (QED) is 0.883. The highest BCUT2D eigenvalue weighted by atomic mass is 16.5. The van der Waals surface area contributed by atoms with Gasteiger partial charge in [0, 0.05) is 31.8 Å². The predicted octanol–water partition coefficient (Wildman–Crippen LogP) is 1.18. The van der Waals surface area contributed by atoms with Crippen LogP contribution in [0.4, 0.5) is 5.69 Å². The van der Waals surface area contributed by atoms with Gasteiger partial charge < -0.3 is 15.0 Å². The van der Waals surface area contributed by atoms with Gasteiger partial charge in [-0.15, -0.1) is 0 Å². The van der Waals surface area contributed by atoms with Crippen LogP contribution in [0.25, 0.3) is 0 Å². The van der Waals surface area contributed by atoms with E-state index in [4.69, 9.17) is 4.74 Å². The molecule has 1 aromatic heterocycles. The Morgan fingerprint density at radius 3 is 2.45 bits per heavy atom. The fraction of sp³-hybridized carbons (Fsp3) is 0.600. The molecule has 1 N–H and O–H groups in total. The minimum Gasteiger partial charge on any atom is -0.378 e. The Hall–Kier alpha value is -2.02. The van der Waals surface area contributed by atoms with E-state index in [1.807, 2.05) is 13.8 Å². The summed E-state index contributed by atoms with van der Waals surface area (Å²) in [6.07, 6.45) is 3.53. The molecule has 0 bridgehead atoms. The monoisotopic (exact) mass is 306 g/mol. The lowest BCUT2D eigenvalue weighted by Crippen LogP contribution is -2.40. The summed E-state index contributed by atoms with van der Waals surface area (Å²) in [6.45, 7) is 6.35. The number of carbonyl (C=O) groups excluding carboxylic acids is 2. The maximum atomic E-state index is 11.9. The van der Waals surface area contributed by atoms with Gasteiger partial charge in [-0.2, -0.15) is 0 Å². The van der Waals surface area contributed by atoms with Gasteiger partial charge >= 0.3 is 0 Å². The van der Waals surface area contributed by atoms with E-state index in [1.54, 1.807) is 17.3 Å². The Bertz CT molecular complexity index is 510. The zero-order valence-electron chi connectivity index (χ0n) is 13.0. The number of amides is 2. The van der Waals surface area contributed by atoms with Crippen molar-refractivity contribution in [3.05, 3.63) is 18.2 Å². The molecular weight excluding hydrogens is 284 g/mol. The Labute approximate surface area is 130 Å². The Kier molecular flexibility index (Phi) is 5.83. The Morgan fingerprint density at radius 1 is 1.23 bits per heavy atom. The largest absolute Gasteiger partial charge is 0.378 e. The van der Waals surface area contributed by atoms with Crippen molar-refractivity contribution < 1.29 is 14.3 Å². The molecule has 2 rings (SSSR count). The summed E-state index contributed by atoms with van der Waals surface area (Å²) >= 11 is 0. The summed E-state index contributed by atoms with van der Waals surface area (Å²) in [4.78, 5) is 33.9. The van der Waals surface area contributed by atoms with Crippen molar-refractivity contribution in [2.45, 2.75) is 32.6 Å². The number of rotatable bonds is 5. The van der Waals surface area contributed by atoms with Gasteiger partial charge in [0.2, 0.25) is 11.8 Å². The highest BCUT2D eigenvalue weighted by Crippen LogP contribution is 2.11. The van der Waals surface area contributed by atoms with Crippen molar-refractivity contribution in [3.63, 3.8) is 0 Å². The van der Waals surface area contributed by atoms with Crippen LogP contribution in [0.1, 0.15) is 38.4 Å². The SMILES string of the molecule is CC(C)c1ncc(NC(=O)CCC(=O)N2CCOCC2)cn1. The molecule has 7 nitrogen and oxygen atoms in total. The number of anilines is 1. The van der Waals surface area contributed by atoms with E-state index in [-0.39, 0.29) is 30.6 Å². The first-order valence-electron chi connectivity index (χ1n) is 7.53. The van der Waals surface area contributed by atoms with Gasteiger partial charge in [-0.1, -0.05) is 13.8 Å². The normalized spacial score (nSPS) is 15.0. The molecule has 0 radical (unpaired) electrons. The van der Waals surface area contributed by atoms with Crippen LogP contribution < -0.4 is 5.32 Å². The molecule has 22 heavy (non-hydrogen) atoms. The third-order valence-electron chi connectivity index (χ3n) is 3.40. The molecular formula is C15H22N4O3. The molecule has 1 aliphatic heterocycles. The second kappa shape index (κ2) is 7.84. The van der Waals surface area contributed by atoms with Crippen molar-refractivity contribution in [1.29, 1.82) is 0 Å². The summed E-state index contributed by atoms with van der Waals surface area (Å²) in [5.41, 5.74) is 0.549. The number of nitrogens with zero attached hydrogens (tertiary/aromatic N) is 3.